The molecule has 0 bridgehead atoms. The molecule has 0 spiro atoms. The summed E-state index contributed by atoms with van der Waals surface area (Å²) < 4.78 is 3.39. The highest BCUT2D eigenvalue weighted by atomic mass is 32.1. The molecule has 0 unspecified atom stereocenters. The zero-order valence-electron chi connectivity index (χ0n) is 12.8. The van der Waals surface area contributed by atoms with Gasteiger partial charge in [-0.3, -0.25) is 19.1 Å². The van der Waals surface area contributed by atoms with Gasteiger partial charge in [-0.25, -0.2) is 0 Å². The first kappa shape index (κ1) is 14.6. The van der Waals surface area contributed by atoms with E-state index in [9.17, 15) is 9.59 Å². The molecule has 0 saturated heterocycles. The number of aromatic amines is 3. The van der Waals surface area contributed by atoms with Crippen LogP contribution >= 0.6 is 11.5 Å². The summed E-state index contributed by atoms with van der Waals surface area (Å²) in [7, 11) is 0. The van der Waals surface area contributed by atoms with E-state index >= 15 is 0 Å². The number of rotatable bonds is 3. The molecule has 24 heavy (non-hydrogen) atoms. The van der Waals surface area contributed by atoms with Gasteiger partial charge in [0.25, 0.3) is 11.1 Å². The summed E-state index contributed by atoms with van der Waals surface area (Å²) in [5.41, 5.74) is 4.03. The Labute approximate surface area is 140 Å². The molecule has 4 aromatic rings. The third-order valence-corrected chi connectivity index (χ3v) is 5.04. The lowest BCUT2D eigenvalue weighted by atomic mass is 10.0. The zero-order chi connectivity index (χ0) is 16.7. The number of fused-ring (bicyclic) bond motifs is 1. The van der Waals surface area contributed by atoms with Gasteiger partial charge in [0.2, 0.25) is 0 Å². The number of nitrogens with one attached hydrogen (secondary N) is 3. The van der Waals surface area contributed by atoms with Crippen LogP contribution in [0.4, 0.5) is 0 Å². The molecule has 4 rings (SSSR count). The van der Waals surface area contributed by atoms with Crippen molar-refractivity contribution in [1.29, 1.82) is 0 Å². The molecule has 0 amide bonds. The van der Waals surface area contributed by atoms with E-state index in [1.54, 1.807) is 6.20 Å². The molecule has 0 aliphatic heterocycles. The Bertz CT molecular complexity index is 1120. The third-order valence-electron chi connectivity index (χ3n) is 4.10. The normalized spacial score (nSPS) is 11.2. The number of nitrogens with zero attached hydrogens (tertiary/aromatic N) is 1. The molecule has 3 N–H and O–H groups in total. The van der Waals surface area contributed by atoms with Gasteiger partial charge in [-0.05, 0) is 23.1 Å². The fraction of sp³-hybridized carbons (Fsp3) is 0.118. The first-order chi connectivity index (χ1) is 11.7. The minimum absolute atomic E-state index is 0.218. The molecule has 0 saturated carbocycles. The van der Waals surface area contributed by atoms with E-state index in [4.69, 9.17) is 0 Å². The first-order valence-electron chi connectivity index (χ1n) is 7.55. The molecule has 0 aliphatic carbocycles. The fourth-order valence-electron chi connectivity index (χ4n) is 2.91. The zero-order valence-corrected chi connectivity index (χ0v) is 13.7. The Hall–Kier alpha value is -2.93. The predicted octanol–water partition coefficient (Wildman–Crippen LogP) is 2.90. The monoisotopic (exact) mass is 338 g/mol. The van der Waals surface area contributed by atoms with Crippen molar-refractivity contribution in [3.8, 4) is 22.4 Å². The van der Waals surface area contributed by atoms with E-state index in [2.05, 4.69) is 19.6 Å². The van der Waals surface area contributed by atoms with Gasteiger partial charge in [-0.15, -0.1) is 0 Å². The van der Waals surface area contributed by atoms with Crippen molar-refractivity contribution in [3.05, 3.63) is 62.9 Å². The predicted molar refractivity (Wildman–Crippen MR) is 95.5 cm³/mol. The van der Waals surface area contributed by atoms with Crippen molar-refractivity contribution >= 4 is 21.6 Å². The Kier molecular flexibility index (Phi) is 3.42. The Morgan fingerprint density at radius 2 is 1.79 bits per heavy atom. The van der Waals surface area contributed by atoms with Crippen molar-refractivity contribution < 1.29 is 0 Å². The average molecular weight is 338 g/mol. The topological polar surface area (TPSA) is 94.4 Å². The lowest BCUT2D eigenvalue weighted by molar-refractivity contribution is 1.09. The van der Waals surface area contributed by atoms with E-state index in [1.165, 1.54) is 11.5 Å². The quantitative estimate of drug-likeness (QED) is 0.536. The van der Waals surface area contributed by atoms with Crippen molar-refractivity contribution in [1.82, 2.24) is 19.6 Å². The molecular formula is C17H14N4O2S. The summed E-state index contributed by atoms with van der Waals surface area (Å²) in [6.45, 7) is 2.01. The van der Waals surface area contributed by atoms with Crippen LogP contribution in [0, 0.1) is 0 Å². The van der Waals surface area contributed by atoms with Gasteiger partial charge in [-0.2, -0.15) is 5.10 Å². The van der Waals surface area contributed by atoms with Gasteiger partial charge in [0.05, 0.1) is 16.6 Å². The molecule has 0 atom stereocenters. The summed E-state index contributed by atoms with van der Waals surface area (Å²) in [4.78, 5) is 27.0. The number of H-pyrrole nitrogens is 3. The number of pyridine rings is 1. The van der Waals surface area contributed by atoms with Gasteiger partial charge in [0.15, 0.2) is 0 Å². The Balaban J connectivity index is 1.90. The third kappa shape index (κ3) is 2.21. The summed E-state index contributed by atoms with van der Waals surface area (Å²) >= 11 is 1.22. The highest BCUT2D eigenvalue weighted by Gasteiger charge is 2.16. The van der Waals surface area contributed by atoms with E-state index < -0.39 is 0 Å². The van der Waals surface area contributed by atoms with Gasteiger partial charge < -0.3 is 4.98 Å². The van der Waals surface area contributed by atoms with Gasteiger partial charge in [0, 0.05) is 11.8 Å². The number of aryl methyl sites for hydroxylation is 1. The summed E-state index contributed by atoms with van der Waals surface area (Å²) in [6, 6.07) is 7.91. The second-order valence-electron chi connectivity index (χ2n) is 5.46. The lowest BCUT2D eigenvalue weighted by Crippen LogP contribution is -2.15. The van der Waals surface area contributed by atoms with Crippen LogP contribution in [0.1, 0.15) is 12.5 Å². The van der Waals surface area contributed by atoms with Crippen LogP contribution in [0.3, 0.4) is 0 Å². The maximum atomic E-state index is 12.3. The standard InChI is InChI=1S/C17H14N4O2S/c1-2-12-14(20-16(22)13-15(12)24-21-17(13)23)10-5-3-9(4-6-10)11-7-18-19-8-11/h3-8H,2H2,1H3,(H,18,19)(H,20,22)(H,21,23). The molecular weight excluding hydrogens is 324 g/mol. The SMILES string of the molecule is CCc1c(-c2ccc(-c3cn[nH]c3)cc2)[nH]c(=O)c2c(=O)[nH]sc12. The van der Waals surface area contributed by atoms with Crippen molar-refractivity contribution in [2.24, 2.45) is 0 Å². The van der Waals surface area contributed by atoms with Crippen LogP contribution in [0.25, 0.3) is 32.5 Å². The largest absolute Gasteiger partial charge is 0.321 e. The first-order valence-corrected chi connectivity index (χ1v) is 8.36. The maximum Gasteiger partial charge on any atom is 0.271 e. The van der Waals surface area contributed by atoms with Crippen LogP contribution in [0.15, 0.2) is 46.2 Å². The van der Waals surface area contributed by atoms with Gasteiger partial charge >= 0.3 is 0 Å². The molecule has 0 aliphatic rings. The van der Waals surface area contributed by atoms with Crippen molar-refractivity contribution in [3.63, 3.8) is 0 Å². The molecule has 3 heterocycles. The van der Waals surface area contributed by atoms with Crippen LogP contribution in [0.5, 0.6) is 0 Å². The second kappa shape index (κ2) is 5.61. The Morgan fingerprint density at radius 3 is 2.46 bits per heavy atom. The molecule has 6 nitrogen and oxygen atoms in total. The number of benzene rings is 1. The van der Waals surface area contributed by atoms with E-state index in [0.29, 0.717) is 0 Å². The van der Waals surface area contributed by atoms with Crippen LogP contribution < -0.4 is 11.1 Å². The van der Waals surface area contributed by atoms with E-state index in [0.717, 1.165) is 39.1 Å². The smallest absolute Gasteiger partial charge is 0.271 e. The highest BCUT2D eigenvalue weighted by molar-refractivity contribution is 7.13. The minimum atomic E-state index is -0.349. The molecule has 1 aromatic carbocycles. The summed E-state index contributed by atoms with van der Waals surface area (Å²) in [5.74, 6) is 0. The summed E-state index contributed by atoms with van der Waals surface area (Å²) in [5, 5.41) is 6.96. The minimum Gasteiger partial charge on any atom is -0.321 e. The maximum absolute atomic E-state index is 12.3. The van der Waals surface area contributed by atoms with Gasteiger partial charge in [-0.1, -0.05) is 42.7 Å². The molecule has 0 fully saturated rings. The molecule has 3 aromatic heterocycles. The van der Waals surface area contributed by atoms with Gasteiger partial charge in [0.1, 0.15) is 5.39 Å². The average Bonchev–Trinajstić information content (AvgIpc) is 3.25. The molecule has 0 radical (unpaired) electrons. The van der Waals surface area contributed by atoms with Crippen LogP contribution in [-0.2, 0) is 6.42 Å². The number of hydrogen-bond donors (Lipinski definition) is 3. The van der Waals surface area contributed by atoms with Crippen molar-refractivity contribution in [2.45, 2.75) is 13.3 Å². The van der Waals surface area contributed by atoms with E-state index in [-0.39, 0.29) is 16.5 Å². The Morgan fingerprint density at radius 1 is 1.04 bits per heavy atom. The molecule has 7 heteroatoms. The lowest BCUT2D eigenvalue weighted by Gasteiger charge is -2.09. The van der Waals surface area contributed by atoms with Crippen LogP contribution in [0.2, 0.25) is 0 Å². The number of aromatic nitrogens is 4. The van der Waals surface area contributed by atoms with Crippen LogP contribution in [-0.4, -0.2) is 19.6 Å². The fourth-order valence-corrected chi connectivity index (χ4v) is 3.86. The highest BCUT2D eigenvalue weighted by Crippen LogP contribution is 2.29. The number of hydrogen-bond acceptors (Lipinski definition) is 4. The van der Waals surface area contributed by atoms with Crippen molar-refractivity contribution in [2.75, 3.05) is 0 Å². The molecule has 120 valence electrons. The van der Waals surface area contributed by atoms with E-state index in [1.807, 2.05) is 37.4 Å². The second-order valence-corrected chi connectivity index (χ2v) is 6.28. The summed E-state index contributed by atoms with van der Waals surface area (Å²) in [6.07, 6.45) is 4.31.